The molecule has 0 spiro atoms. The minimum atomic E-state index is -0.382. The predicted molar refractivity (Wildman–Crippen MR) is 95.3 cm³/mol. The second-order valence-corrected chi connectivity index (χ2v) is 6.44. The van der Waals surface area contributed by atoms with Crippen molar-refractivity contribution in [1.29, 1.82) is 0 Å². The summed E-state index contributed by atoms with van der Waals surface area (Å²) in [4.78, 5) is 12.0. The predicted octanol–water partition coefficient (Wildman–Crippen LogP) is 3.47. The number of hydrogen-bond acceptors (Lipinski definition) is 4. The van der Waals surface area contributed by atoms with Gasteiger partial charge in [-0.1, -0.05) is 53.7 Å². The lowest BCUT2D eigenvalue weighted by molar-refractivity contribution is -0.118. The van der Waals surface area contributed by atoms with Gasteiger partial charge >= 0.3 is 0 Å². The molecule has 0 radical (unpaired) electrons. The van der Waals surface area contributed by atoms with Crippen LogP contribution in [-0.4, -0.2) is 26.4 Å². The molecule has 0 aliphatic rings. The van der Waals surface area contributed by atoms with Gasteiger partial charge < -0.3 is 5.32 Å². The fourth-order valence-corrected chi connectivity index (χ4v) is 3.11. The number of aromatic nitrogens is 3. The molecule has 128 valence electrons. The van der Waals surface area contributed by atoms with Gasteiger partial charge in [-0.05, 0) is 23.8 Å². The molecule has 0 aliphatic heterocycles. The van der Waals surface area contributed by atoms with E-state index in [1.54, 1.807) is 24.3 Å². The topological polar surface area (TPSA) is 59.8 Å². The van der Waals surface area contributed by atoms with Crippen molar-refractivity contribution in [3.63, 3.8) is 0 Å². The van der Waals surface area contributed by atoms with Crippen LogP contribution in [0.3, 0.4) is 0 Å². The van der Waals surface area contributed by atoms with Crippen molar-refractivity contribution in [3.8, 4) is 5.69 Å². The minimum Gasteiger partial charge on any atom is -0.351 e. The molecule has 0 saturated carbocycles. The van der Waals surface area contributed by atoms with Crippen molar-refractivity contribution >= 4 is 29.3 Å². The van der Waals surface area contributed by atoms with Crippen molar-refractivity contribution in [2.75, 3.05) is 5.75 Å². The maximum atomic E-state index is 13.9. The third-order valence-electron chi connectivity index (χ3n) is 3.39. The number of carbonyl (C=O) groups excluding carboxylic acids is 1. The average molecular weight is 377 g/mol. The molecule has 1 aromatic heterocycles. The standard InChI is InChI=1S/C17H14ClFN4OS/c18-13-6-2-1-5-12(13)9-20-16(24)10-25-17-22-21-11-23(17)15-8-4-3-7-14(15)19/h1-8,11H,9-10H2,(H,20,24). The molecule has 0 unspecified atom stereocenters. The normalized spacial score (nSPS) is 10.6. The smallest absolute Gasteiger partial charge is 0.230 e. The Morgan fingerprint density at radius 1 is 1.20 bits per heavy atom. The van der Waals surface area contributed by atoms with Crippen LogP contribution >= 0.6 is 23.4 Å². The Morgan fingerprint density at radius 3 is 2.76 bits per heavy atom. The zero-order valence-corrected chi connectivity index (χ0v) is 14.6. The largest absolute Gasteiger partial charge is 0.351 e. The maximum Gasteiger partial charge on any atom is 0.230 e. The van der Waals surface area contributed by atoms with Gasteiger partial charge in [0.2, 0.25) is 5.91 Å². The number of nitrogens with one attached hydrogen (secondary N) is 1. The van der Waals surface area contributed by atoms with Crippen LogP contribution in [-0.2, 0) is 11.3 Å². The average Bonchev–Trinajstić information content (AvgIpc) is 3.08. The van der Waals surface area contributed by atoms with Gasteiger partial charge in [-0.25, -0.2) is 4.39 Å². The van der Waals surface area contributed by atoms with E-state index in [9.17, 15) is 9.18 Å². The summed E-state index contributed by atoms with van der Waals surface area (Å²) in [5, 5.41) is 11.6. The fourth-order valence-electron chi connectivity index (χ4n) is 2.15. The molecule has 5 nitrogen and oxygen atoms in total. The van der Waals surface area contributed by atoms with Crippen LogP contribution in [0.5, 0.6) is 0 Å². The summed E-state index contributed by atoms with van der Waals surface area (Å²) in [6.45, 7) is 0.346. The van der Waals surface area contributed by atoms with Crippen LogP contribution in [0.4, 0.5) is 4.39 Å². The minimum absolute atomic E-state index is 0.137. The zero-order valence-electron chi connectivity index (χ0n) is 13.0. The molecule has 25 heavy (non-hydrogen) atoms. The highest BCUT2D eigenvalue weighted by Crippen LogP contribution is 2.21. The molecule has 0 atom stereocenters. The second-order valence-electron chi connectivity index (χ2n) is 5.09. The van der Waals surface area contributed by atoms with Crippen molar-refractivity contribution < 1.29 is 9.18 Å². The molecular weight excluding hydrogens is 363 g/mol. The fraction of sp³-hybridized carbons (Fsp3) is 0.118. The summed E-state index contributed by atoms with van der Waals surface area (Å²) in [5.41, 5.74) is 1.18. The van der Waals surface area contributed by atoms with Crippen molar-refractivity contribution in [2.45, 2.75) is 11.7 Å². The van der Waals surface area contributed by atoms with E-state index >= 15 is 0 Å². The third-order valence-corrected chi connectivity index (χ3v) is 4.71. The van der Waals surface area contributed by atoms with Crippen LogP contribution in [0, 0.1) is 5.82 Å². The van der Waals surface area contributed by atoms with E-state index < -0.39 is 0 Å². The van der Waals surface area contributed by atoms with E-state index in [0.717, 1.165) is 5.56 Å². The first-order chi connectivity index (χ1) is 12.1. The monoisotopic (exact) mass is 376 g/mol. The first-order valence-corrected chi connectivity index (χ1v) is 8.79. The van der Waals surface area contributed by atoms with Crippen LogP contribution in [0.15, 0.2) is 60.0 Å². The lowest BCUT2D eigenvalue weighted by Gasteiger charge is -2.08. The Hall–Kier alpha value is -2.38. The molecule has 0 fully saturated rings. The second kappa shape index (κ2) is 8.13. The van der Waals surface area contributed by atoms with Crippen LogP contribution < -0.4 is 5.32 Å². The van der Waals surface area contributed by atoms with E-state index in [2.05, 4.69) is 15.5 Å². The van der Waals surface area contributed by atoms with Crippen LogP contribution in [0.2, 0.25) is 5.02 Å². The molecule has 3 aromatic rings. The molecule has 1 N–H and O–H groups in total. The maximum absolute atomic E-state index is 13.9. The molecule has 0 saturated heterocycles. The highest BCUT2D eigenvalue weighted by atomic mass is 35.5. The van der Waals surface area contributed by atoms with Gasteiger partial charge in [0.1, 0.15) is 12.1 Å². The molecule has 1 amide bonds. The number of carbonyl (C=O) groups is 1. The summed E-state index contributed by atoms with van der Waals surface area (Å²) in [6, 6.07) is 13.6. The third kappa shape index (κ3) is 4.37. The molecule has 0 bridgehead atoms. The van der Waals surface area contributed by atoms with Gasteiger partial charge in [-0.3, -0.25) is 9.36 Å². The Morgan fingerprint density at radius 2 is 1.96 bits per heavy atom. The van der Waals surface area contributed by atoms with E-state index in [-0.39, 0.29) is 17.5 Å². The summed E-state index contributed by atoms with van der Waals surface area (Å²) < 4.78 is 15.4. The quantitative estimate of drug-likeness (QED) is 0.669. The Kier molecular flexibility index (Phi) is 5.67. The number of benzene rings is 2. The Balaban J connectivity index is 1.59. The van der Waals surface area contributed by atoms with Gasteiger partial charge in [0, 0.05) is 11.6 Å². The van der Waals surface area contributed by atoms with Crippen molar-refractivity contribution in [3.05, 3.63) is 71.3 Å². The first-order valence-electron chi connectivity index (χ1n) is 7.43. The van der Waals surface area contributed by atoms with Crippen molar-refractivity contribution in [1.82, 2.24) is 20.1 Å². The number of para-hydroxylation sites is 1. The van der Waals surface area contributed by atoms with Crippen LogP contribution in [0.25, 0.3) is 5.69 Å². The number of amides is 1. The number of halogens is 2. The Labute approximate surface area is 153 Å². The van der Waals surface area contributed by atoms with Crippen molar-refractivity contribution in [2.24, 2.45) is 0 Å². The number of rotatable bonds is 6. The number of thioether (sulfide) groups is 1. The Bertz CT molecular complexity index is 886. The molecule has 3 rings (SSSR count). The van der Waals surface area contributed by atoms with Gasteiger partial charge in [0.25, 0.3) is 0 Å². The summed E-state index contributed by atoms with van der Waals surface area (Å²) in [6.07, 6.45) is 1.42. The van der Waals surface area contributed by atoms with Gasteiger partial charge in [0.05, 0.1) is 11.4 Å². The molecule has 2 aromatic carbocycles. The van der Waals surface area contributed by atoms with Gasteiger partial charge in [-0.2, -0.15) is 0 Å². The number of nitrogens with zero attached hydrogens (tertiary/aromatic N) is 3. The molecule has 1 heterocycles. The molecular formula is C17H14ClFN4OS. The van der Waals surface area contributed by atoms with Gasteiger partial charge in [0.15, 0.2) is 5.16 Å². The molecule has 0 aliphatic carbocycles. The number of hydrogen-bond donors (Lipinski definition) is 1. The zero-order chi connectivity index (χ0) is 17.6. The van der Waals surface area contributed by atoms with E-state index in [4.69, 9.17) is 11.6 Å². The highest BCUT2D eigenvalue weighted by Gasteiger charge is 2.12. The molecule has 8 heteroatoms. The summed E-state index contributed by atoms with van der Waals surface area (Å²) in [7, 11) is 0. The van der Waals surface area contributed by atoms with E-state index in [1.165, 1.54) is 28.7 Å². The van der Waals surface area contributed by atoms with E-state index in [1.807, 2.05) is 18.2 Å². The highest BCUT2D eigenvalue weighted by molar-refractivity contribution is 7.99. The first kappa shape index (κ1) is 17.4. The SMILES string of the molecule is O=C(CSc1nncn1-c1ccccc1F)NCc1ccccc1Cl. The van der Waals surface area contributed by atoms with Crippen LogP contribution in [0.1, 0.15) is 5.56 Å². The summed E-state index contributed by atoms with van der Waals surface area (Å²) in [5.74, 6) is -0.419. The van der Waals surface area contributed by atoms with E-state index in [0.29, 0.717) is 22.4 Å². The van der Waals surface area contributed by atoms with Gasteiger partial charge in [-0.15, -0.1) is 10.2 Å². The lowest BCUT2D eigenvalue weighted by atomic mass is 10.2. The summed E-state index contributed by atoms with van der Waals surface area (Å²) >= 11 is 7.24. The lowest BCUT2D eigenvalue weighted by Crippen LogP contribution is -2.24.